The fourth-order valence-electron chi connectivity index (χ4n) is 1.06. The van der Waals surface area contributed by atoms with Crippen molar-refractivity contribution in [3.05, 3.63) is 18.0 Å². The van der Waals surface area contributed by atoms with Crippen molar-refractivity contribution in [3.8, 4) is 0 Å². The van der Waals surface area contributed by atoms with Gasteiger partial charge in [-0.15, -0.1) is 0 Å². The minimum absolute atomic E-state index is 0.198. The molecule has 0 aliphatic heterocycles. The van der Waals surface area contributed by atoms with E-state index >= 15 is 0 Å². The molecule has 1 heterocycles. The Morgan fingerprint density at radius 3 is 2.64 bits per heavy atom. The van der Waals surface area contributed by atoms with E-state index in [2.05, 4.69) is 5.10 Å². The third-order valence-corrected chi connectivity index (χ3v) is 1.79. The van der Waals surface area contributed by atoms with Crippen LogP contribution in [0.15, 0.2) is 12.4 Å². The minimum atomic E-state index is -4.35. The average Bonchev–Trinajstić information content (AvgIpc) is 2.48. The lowest BCUT2D eigenvalue weighted by atomic mass is 10.1. The number of rotatable bonds is 3. The molecular formula is C8H11F3N2O. The molecule has 1 unspecified atom stereocenters. The molecule has 1 aromatic rings. The number of aliphatic hydroxyl groups excluding tert-OH is 1. The van der Waals surface area contributed by atoms with Gasteiger partial charge in [0, 0.05) is 18.3 Å². The molecule has 0 amide bonds. The van der Waals surface area contributed by atoms with Crippen LogP contribution in [0, 0.1) is 0 Å². The summed E-state index contributed by atoms with van der Waals surface area (Å²) in [5, 5.41) is 13.0. The van der Waals surface area contributed by atoms with Gasteiger partial charge in [-0.3, -0.25) is 4.68 Å². The van der Waals surface area contributed by atoms with Gasteiger partial charge in [0.2, 0.25) is 0 Å². The van der Waals surface area contributed by atoms with Crippen LogP contribution in [-0.4, -0.2) is 21.1 Å². The summed E-state index contributed by atoms with van der Waals surface area (Å²) in [6, 6.07) is 0. The maximum atomic E-state index is 11.9. The molecule has 3 nitrogen and oxygen atoms in total. The van der Waals surface area contributed by atoms with Crippen LogP contribution in [0.1, 0.15) is 25.0 Å². The number of halogens is 3. The molecule has 1 rings (SSSR count). The predicted octanol–water partition coefficient (Wildman–Crippen LogP) is 1.89. The van der Waals surface area contributed by atoms with E-state index in [0.29, 0.717) is 6.54 Å². The maximum absolute atomic E-state index is 11.9. The number of hydrogen-bond donors (Lipinski definition) is 1. The summed E-state index contributed by atoms with van der Waals surface area (Å²) < 4.78 is 37.1. The molecule has 1 atom stereocenters. The monoisotopic (exact) mass is 208 g/mol. The zero-order valence-corrected chi connectivity index (χ0v) is 7.62. The van der Waals surface area contributed by atoms with Gasteiger partial charge in [-0.2, -0.15) is 18.3 Å². The van der Waals surface area contributed by atoms with Gasteiger partial charge in [0.15, 0.2) is 0 Å². The number of alkyl halides is 3. The fraction of sp³-hybridized carbons (Fsp3) is 0.625. The van der Waals surface area contributed by atoms with Gasteiger partial charge < -0.3 is 5.11 Å². The third kappa shape index (κ3) is 3.02. The zero-order chi connectivity index (χ0) is 10.8. The largest absolute Gasteiger partial charge is 0.391 e. The summed E-state index contributed by atoms with van der Waals surface area (Å²) >= 11 is 0. The molecule has 0 aliphatic rings. The third-order valence-electron chi connectivity index (χ3n) is 1.79. The van der Waals surface area contributed by atoms with Crippen molar-refractivity contribution in [1.82, 2.24) is 9.78 Å². The topological polar surface area (TPSA) is 38.0 Å². The van der Waals surface area contributed by atoms with Crippen molar-refractivity contribution in [1.29, 1.82) is 0 Å². The van der Waals surface area contributed by atoms with Crippen LogP contribution in [0.2, 0.25) is 0 Å². The van der Waals surface area contributed by atoms with Crippen LogP contribution in [0.25, 0.3) is 0 Å². The normalized spacial score (nSPS) is 14.4. The van der Waals surface area contributed by atoms with Crippen molar-refractivity contribution in [2.24, 2.45) is 0 Å². The highest BCUT2D eigenvalue weighted by Crippen LogP contribution is 2.28. The molecule has 0 aliphatic carbocycles. The van der Waals surface area contributed by atoms with Crippen LogP contribution in [0.5, 0.6) is 0 Å². The average molecular weight is 208 g/mol. The van der Waals surface area contributed by atoms with E-state index in [0.717, 1.165) is 0 Å². The Morgan fingerprint density at radius 2 is 2.21 bits per heavy atom. The van der Waals surface area contributed by atoms with Crippen molar-refractivity contribution in [2.75, 3.05) is 0 Å². The Balaban J connectivity index is 2.65. The van der Waals surface area contributed by atoms with Crippen LogP contribution in [0.4, 0.5) is 13.2 Å². The fourth-order valence-corrected chi connectivity index (χ4v) is 1.06. The molecule has 0 saturated carbocycles. The van der Waals surface area contributed by atoms with E-state index in [4.69, 9.17) is 0 Å². The van der Waals surface area contributed by atoms with Gasteiger partial charge in [0.25, 0.3) is 0 Å². The molecule has 0 fully saturated rings. The van der Waals surface area contributed by atoms with E-state index in [1.54, 1.807) is 0 Å². The highest BCUT2D eigenvalue weighted by Gasteiger charge is 2.32. The van der Waals surface area contributed by atoms with Crippen molar-refractivity contribution in [2.45, 2.75) is 32.2 Å². The number of aliphatic hydroxyl groups is 1. The van der Waals surface area contributed by atoms with Crippen LogP contribution >= 0.6 is 0 Å². The Morgan fingerprint density at radius 1 is 1.57 bits per heavy atom. The Hall–Kier alpha value is -1.04. The molecule has 14 heavy (non-hydrogen) atoms. The first-order valence-corrected chi connectivity index (χ1v) is 4.19. The summed E-state index contributed by atoms with van der Waals surface area (Å²) in [5.74, 6) is 0. The molecular weight excluding hydrogens is 197 g/mol. The minimum Gasteiger partial charge on any atom is -0.388 e. The number of aryl methyl sites for hydroxylation is 1. The van der Waals surface area contributed by atoms with Gasteiger partial charge in [-0.25, -0.2) is 0 Å². The van der Waals surface area contributed by atoms with E-state index in [9.17, 15) is 18.3 Å². The molecule has 1 aromatic heterocycles. The van der Waals surface area contributed by atoms with Gasteiger partial charge >= 0.3 is 6.18 Å². The predicted molar refractivity (Wildman–Crippen MR) is 43.5 cm³/mol. The summed E-state index contributed by atoms with van der Waals surface area (Å²) in [6.07, 6.45) is -4.44. The molecule has 0 aromatic carbocycles. The number of nitrogens with zero attached hydrogens (tertiary/aromatic N) is 2. The van der Waals surface area contributed by atoms with Gasteiger partial charge in [0.05, 0.1) is 18.7 Å². The molecule has 0 saturated heterocycles. The molecule has 6 heteroatoms. The maximum Gasteiger partial charge on any atom is 0.391 e. The van der Waals surface area contributed by atoms with E-state index in [1.807, 2.05) is 6.92 Å². The standard InChI is InChI=1S/C8H11F3N2O/c1-2-13-5-6(4-12-13)7(14)3-8(9,10)11/h4-5,7,14H,2-3H2,1H3. The summed E-state index contributed by atoms with van der Waals surface area (Å²) in [5.41, 5.74) is 0.198. The van der Waals surface area contributed by atoms with Crippen LogP contribution < -0.4 is 0 Å². The summed E-state index contributed by atoms with van der Waals surface area (Å²) in [6.45, 7) is 2.38. The number of aromatic nitrogens is 2. The second-order valence-corrected chi connectivity index (χ2v) is 2.96. The second-order valence-electron chi connectivity index (χ2n) is 2.96. The highest BCUT2D eigenvalue weighted by atomic mass is 19.4. The van der Waals surface area contributed by atoms with Gasteiger partial charge in [-0.1, -0.05) is 0 Å². The lowest BCUT2D eigenvalue weighted by molar-refractivity contribution is -0.154. The zero-order valence-electron chi connectivity index (χ0n) is 7.62. The molecule has 0 radical (unpaired) electrons. The first-order chi connectivity index (χ1) is 6.42. The highest BCUT2D eigenvalue weighted by molar-refractivity contribution is 5.08. The lowest BCUT2D eigenvalue weighted by Gasteiger charge is -2.10. The SMILES string of the molecule is CCn1cc(C(O)CC(F)(F)F)cn1. The lowest BCUT2D eigenvalue weighted by Crippen LogP contribution is -2.13. The van der Waals surface area contributed by atoms with E-state index in [1.165, 1.54) is 17.1 Å². The van der Waals surface area contributed by atoms with E-state index < -0.39 is 18.7 Å². The Kier molecular flexibility index (Phi) is 3.15. The Labute approximate surface area is 79.2 Å². The number of hydrogen-bond acceptors (Lipinski definition) is 2. The first kappa shape index (κ1) is 11.0. The quantitative estimate of drug-likeness (QED) is 0.823. The molecule has 80 valence electrons. The summed E-state index contributed by atoms with van der Waals surface area (Å²) in [4.78, 5) is 0. The van der Waals surface area contributed by atoms with Crippen LogP contribution in [0.3, 0.4) is 0 Å². The van der Waals surface area contributed by atoms with Gasteiger partial charge in [-0.05, 0) is 6.92 Å². The van der Waals surface area contributed by atoms with E-state index in [-0.39, 0.29) is 5.56 Å². The molecule has 0 bridgehead atoms. The second kappa shape index (κ2) is 4.00. The van der Waals surface area contributed by atoms with Crippen LogP contribution in [-0.2, 0) is 6.54 Å². The smallest absolute Gasteiger partial charge is 0.388 e. The van der Waals surface area contributed by atoms with Gasteiger partial charge in [0.1, 0.15) is 0 Å². The van der Waals surface area contributed by atoms with Crippen molar-refractivity contribution >= 4 is 0 Å². The molecule has 0 spiro atoms. The van der Waals surface area contributed by atoms with Crippen molar-refractivity contribution in [3.63, 3.8) is 0 Å². The Bertz CT molecular complexity index is 295. The molecule has 1 N–H and O–H groups in total. The first-order valence-electron chi connectivity index (χ1n) is 4.19. The van der Waals surface area contributed by atoms with Crippen molar-refractivity contribution < 1.29 is 18.3 Å². The summed E-state index contributed by atoms with van der Waals surface area (Å²) in [7, 11) is 0.